The van der Waals surface area contributed by atoms with Gasteiger partial charge in [-0.3, -0.25) is 19.3 Å². The zero-order chi connectivity index (χ0) is 15.4. The molecule has 2 N–H and O–H groups in total. The van der Waals surface area contributed by atoms with Gasteiger partial charge in [0.1, 0.15) is 0 Å². The van der Waals surface area contributed by atoms with Crippen LogP contribution in [0.1, 0.15) is 32.1 Å². The van der Waals surface area contributed by atoms with Crippen LogP contribution in [0, 0.1) is 0 Å². The minimum atomic E-state index is -0.991. The van der Waals surface area contributed by atoms with E-state index in [2.05, 4.69) is 5.32 Å². The van der Waals surface area contributed by atoms with Crippen LogP contribution in [0.15, 0.2) is 0 Å². The van der Waals surface area contributed by atoms with Crippen molar-refractivity contribution >= 4 is 23.7 Å². The molecule has 3 amide bonds. The van der Waals surface area contributed by atoms with Gasteiger partial charge in [0.15, 0.2) is 6.10 Å². The molecular formula is C13H18N2O6. The second kappa shape index (κ2) is 6.66. The van der Waals surface area contributed by atoms with Crippen LogP contribution in [0.5, 0.6) is 0 Å². The maximum atomic E-state index is 11.7. The van der Waals surface area contributed by atoms with Gasteiger partial charge < -0.3 is 15.2 Å². The Labute approximate surface area is 121 Å². The third kappa shape index (κ3) is 4.01. The average molecular weight is 298 g/mol. The van der Waals surface area contributed by atoms with Gasteiger partial charge in [0.05, 0.1) is 6.10 Å². The summed E-state index contributed by atoms with van der Waals surface area (Å²) in [7, 11) is 0. The molecule has 2 unspecified atom stereocenters. The number of hydrogen-bond acceptors (Lipinski definition) is 5. The molecule has 2 fully saturated rings. The minimum absolute atomic E-state index is 0.0482. The molecule has 0 aliphatic carbocycles. The minimum Gasteiger partial charge on any atom is -0.479 e. The van der Waals surface area contributed by atoms with Gasteiger partial charge >= 0.3 is 5.97 Å². The van der Waals surface area contributed by atoms with E-state index >= 15 is 0 Å². The first-order valence-electron chi connectivity index (χ1n) is 6.95. The summed E-state index contributed by atoms with van der Waals surface area (Å²) in [5.74, 6) is -1.76. The third-order valence-electron chi connectivity index (χ3n) is 3.63. The van der Waals surface area contributed by atoms with Crippen LogP contribution in [0.3, 0.4) is 0 Å². The summed E-state index contributed by atoms with van der Waals surface area (Å²) in [6, 6.07) is 0. The first kappa shape index (κ1) is 15.4. The number of amides is 3. The van der Waals surface area contributed by atoms with Crippen molar-refractivity contribution in [3.05, 3.63) is 0 Å². The average Bonchev–Trinajstić information content (AvgIpc) is 3.03. The topological polar surface area (TPSA) is 113 Å². The Bertz CT molecular complexity index is 448. The monoisotopic (exact) mass is 298 g/mol. The Morgan fingerprint density at radius 2 is 1.90 bits per heavy atom. The number of ether oxygens (including phenoxy) is 1. The number of carbonyl (C=O) groups is 4. The molecule has 0 aromatic heterocycles. The number of imide groups is 1. The highest BCUT2D eigenvalue weighted by molar-refractivity contribution is 6.02. The Morgan fingerprint density at radius 1 is 1.24 bits per heavy atom. The fourth-order valence-electron chi connectivity index (χ4n) is 2.44. The van der Waals surface area contributed by atoms with E-state index in [9.17, 15) is 19.2 Å². The molecule has 0 bridgehead atoms. The summed E-state index contributed by atoms with van der Waals surface area (Å²) in [6.45, 7) is 0.331. The molecule has 0 saturated carbocycles. The predicted molar refractivity (Wildman–Crippen MR) is 69.1 cm³/mol. The van der Waals surface area contributed by atoms with Crippen molar-refractivity contribution in [2.45, 2.75) is 44.3 Å². The standard InChI is InChI=1S/C13H18N2O6/c16-10(5-6-15-11(17)3-4-12(15)18)14-7-8-1-2-9(21-8)13(19)20/h8-9H,1-7H2,(H,14,16)(H,19,20). The molecule has 2 atom stereocenters. The van der Waals surface area contributed by atoms with Crippen molar-refractivity contribution in [1.29, 1.82) is 0 Å². The van der Waals surface area contributed by atoms with Crippen molar-refractivity contribution in [2.24, 2.45) is 0 Å². The second-order valence-corrected chi connectivity index (χ2v) is 5.16. The highest BCUT2D eigenvalue weighted by Gasteiger charge is 2.31. The van der Waals surface area contributed by atoms with Gasteiger partial charge in [-0.1, -0.05) is 0 Å². The Hall–Kier alpha value is -1.96. The molecule has 2 aliphatic rings. The number of likely N-dealkylation sites (tertiary alicyclic amines) is 1. The Morgan fingerprint density at radius 3 is 2.48 bits per heavy atom. The van der Waals surface area contributed by atoms with Crippen LogP contribution < -0.4 is 5.32 Å². The van der Waals surface area contributed by atoms with Crippen molar-refractivity contribution < 1.29 is 29.0 Å². The fraction of sp³-hybridized carbons (Fsp3) is 0.692. The number of carboxylic acids is 1. The molecule has 2 heterocycles. The number of nitrogens with zero attached hydrogens (tertiary/aromatic N) is 1. The molecule has 8 heteroatoms. The summed E-state index contributed by atoms with van der Waals surface area (Å²) in [5, 5.41) is 11.4. The molecule has 0 aromatic carbocycles. The van der Waals surface area contributed by atoms with Crippen molar-refractivity contribution in [2.75, 3.05) is 13.1 Å². The molecule has 0 aromatic rings. The van der Waals surface area contributed by atoms with E-state index in [4.69, 9.17) is 9.84 Å². The van der Waals surface area contributed by atoms with Crippen LogP contribution in [0.4, 0.5) is 0 Å². The maximum absolute atomic E-state index is 11.7. The Balaban J connectivity index is 1.65. The van der Waals surface area contributed by atoms with E-state index < -0.39 is 12.1 Å². The van der Waals surface area contributed by atoms with E-state index in [1.165, 1.54) is 0 Å². The van der Waals surface area contributed by atoms with Gasteiger partial charge in [0.2, 0.25) is 17.7 Å². The second-order valence-electron chi connectivity index (χ2n) is 5.16. The number of nitrogens with one attached hydrogen (secondary N) is 1. The van der Waals surface area contributed by atoms with Gasteiger partial charge in [-0.15, -0.1) is 0 Å². The fourth-order valence-corrected chi connectivity index (χ4v) is 2.44. The Kier molecular flexibility index (Phi) is 4.89. The van der Waals surface area contributed by atoms with Crippen molar-refractivity contribution in [3.8, 4) is 0 Å². The number of hydrogen-bond donors (Lipinski definition) is 2. The molecule has 8 nitrogen and oxygen atoms in total. The van der Waals surface area contributed by atoms with E-state index in [1.807, 2.05) is 0 Å². The van der Waals surface area contributed by atoms with Gasteiger partial charge in [0.25, 0.3) is 0 Å². The van der Waals surface area contributed by atoms with E-state index in [0.29, 0.717) is 12.8 Å². The molecule has 2 aliphatic heterocycles. The molecule has 0 spiro atoms. The third-order valence-corrected chi connectivity index (χ3v) is 3.63. The van der Waals surface area contributed by atoms with Crippen molar-refractivity contribution in [3.63, 3.8) is 0 Å². The van der Waals surface area contributed by atoms with Gasteiger partial charge in [-0.05, 0) is 12.8 Å². The molecule has 21 heavy (non-hydrogen) atoms. The van der Waals surface area contributed by atoms with Crippen molar-refractivity contribution in [1.82, 2.24) is 10.2 Å². The van der Waals surface area contributed by atoms with E-state index in [1.54, 1.807) is 0 Å². The first-order chi connectivity index (χ1) is 9.97. The number of rotatable bonds is 6. The summed E-state index contributed by atoms with van der Waals surface area (Å²) in [5.41, 5.74) is 0. The van der Waals surface area contributed by atoms with Crippen LogP contribution >= 0.6 is 0 Å². The molecule has 2 rings (SSSR count). The molecule has 0 radical (unpaired) electrons. The van der Waals surface area contributed by atoms with Crippen LogP contribution in [0.25, 0.3) is 0 Å². The van der Waals surface area contributed by atoms with Crippen LogP contribution in [-0.2, 0) is 23.9 Å². The van der Waals surface area contributed by atoms with Crippen LogP contribution in [0.2, 0.25) is 0 Å². The lowest BCUT2D eigenvalue weighted by Gasteiger charge is -2.15. The first-order valence-corrected chi connectivity index (χ1v) is 6.95. The summed E-state index contributed by atoms with van der Waals surface area (Å²) >= 11 is 0. The SMILES string of the molecule is O=C(CCN1C(=O)CCC1=O)NCC1CCC(C(=O)O)O1. The largest absolute Gasteiger partial charge is 0.479 e. The number of aliphatic carboxylic acids is 1. The summed E-state index contributed by atoms with van der Waals surface area (Å²) in [4.78, 5) is 46.2. The lowest BCUT2D eigenvalue weighted by atomic mass is 10.2. The maximum Gasteiger partial charge on any atom is 0.332 e. The van der Waals surface area contributed by atoms with Crippen LogP contribution in [-0.4, -0.2) is 59.0 Å². The van der Waals surface area contributed by atoms with E-state index in [0.717, 1.165) is 4.90 Å². The molecule has 2 saturated heterocycles. The highest BCUT2D eigenvalue weighted by Crippen LogP contribution is 2.19. The van der Waals surface area contributed by atoms with Gasteiger partial charge in [-0.25, -0.2) is 4.79 Å². The lowest BCUT2D eigenvalue weighted by molar-refractivity contribution is -0.149. The van der Waals surface area contributed by atoms with Gasteiger partial charge in [-0.2, -0.15) is 0 Å². The number of carboxylic acid groups (broad SMARTS) is 1. The zero-order valence-corrected chi connectivity index (χ0v) is 11.5. The summed E-state index contributed by atoms with van der Waals surface area (Å²) in [6.07, 6.45) is 0.399. The zero-order valence-electron chi connectivity index (χ0n) is 11.5. The number of carbonyl (C=O) groups excluding carboxylic acids is 3. The lowest BCUT2D eigenvalue weighted by Crippen LogP contribution is -2.37. The molecular weight excluding hydrogens is 280 g/mol. The highest BCUT2D eigenvalue weighted by atomic mass is 16.5. The summed E-state index contributed by atoms with van der Waals surface area (Å²) < 4.78 is 5.25. The predicted octanol–water partition coefficient (Wildman–Crippen LogP) is -0.726. The quantitative estimate of drug-likeness (QED) is 0.625. The smallest absolute Gasteiger partial charge is 0.332 e. The van der Waals surface area contributed by atoms with Gasteiger partial charge in [0, 0.05) is 32.4 Å². The van der Waals surface area contributed by atoms with E-state index in [-0.39, 0.29) is 56.2 Å². The molecule has 116 valence electrons. The normalized spacial score (nSPS) is 25.4.